The van der Waals surface area contributed by atoms with Crippen LogP contribution in [0.25, 0.3) is 89.0 Å². The van der Waals surface area contributed by atoms with Gasteiger partial charge in [-0.15, -0.1) is 0 Å². The lowest BCUT2D eigenvalue weighted by atomic mass is 9.81. The summed E-state index contributed by atoms with van der Waals surface area (Å²) in [4.78, 5) is 17.9. The van der Waals surface area contributed by atoms with E-state index in [1.54, 1.807) is 12.4 Å². The van der Waals surface area contributed by atoms with E-state index in [-0.39, 0.29) is 5.41 Å². The fraction of sp³-hybridized carbons (Fsp3) is 0.0566. The summed E-state index contributed by atoms with van der Waals surface area (Å²) in [6.45, 7) is 4.69. The molecule has 5 aromatic carbocycles. The van der Waals surface area contributed by atoms with Crippen molar-refractivity contribution >= 4 is 0 Å². The average Bonchev–Trinajstić information content (AvgIpc) is 3.52. The van der Waals surface area contributed by atoms with E-state index in [1.165, 1.54) is 33.4 Å². The smallest absolute Gasteiger partial charge is 0.0347 e. The normalized spacial score (nSPS) is 12.5. The van der Waals surface area contributed by atoms with Crippen LogP contribution in [-0.4, -0.2) is 19.9 Å². The van der Waals surface area contributed by atoms with Gasteiger partial charge in [0, 0.05) is 88.4 Å². The minimum atomic E-state index is -0.0954. The van der Waals surface area contributed by atoms with Crippen molar-refractivity contribution in [3.8, 4) is 89.0 Å². The lowest BCUT2D eigenvalue weighted by Crippen LogP contribution is -2.14. The second-order valence-electron chi connectivity index (χ2n) is 15.3. The zero-order valence-electron chi connectivity index (χ0n) is 31.8. The van der Waals surface area contributed by atoms with Gasteiger partial charge in [0.25, 0.3) is 0 Å². The molecule has 0 unspecified atom stereocenters. The van der Waals surface area contributed by atoms with Gasteiger partial charge >= 0.3 is 0 Å². The van der Waals surface area contributed by atoms with Gasteiger partial charge in [-0.1, -0.05) is 98.8 Å². The highest BCUT2D eigenvalue weighted by molar-refractivity contribution is 5.88. The van der Waals surface area contributed by atoms with E-state index in [9.17, 15) is 0 Å². The van der Waals surface area contributed by atoms with Crippen molar-refractivity contribution in [3.05, 3.63) is 206 Å². The molecule has 270 valence electrons. The molecule has 0 spiro atoms. The molecule has 0 amide bonds. The van der Waals surface area contributed by atoms with Crippen LogP contribution in [-0.2, 0) is 5.41 Å². The van der Waals surface area contributed by atoms with Gasteiger partial charge < -0.3 is 0 Å². The third kappa shape index (κ3) is 6.41. The predicted molar refractivity (Wildman–Crippen MR) is 233 cm³/mol. The Kier molecular flexibility index (Phi) is 8.45. The maximum Gasteiger partial charge on any atom is 0.0347 e. The van der Waals surface area contributed by atoms with E-state index in [0.29, 0.717) is 0 Å². The molecule has 0 bridgehead atoms. The molecule has 4 aromatic heterocycles. The summed E-state index contributed by atoms with van der Waals surface area (Å²) in [6, 6.07) is 52.9. The van der Waals surface area contributed by atoms with Crippen LogP contribution in [0, 0.1) is 0 Å². The second kappa shape index (κ2) is 14.1. The highest BCUT2D eigenvalue weighted by Gasteiger charge is 2.35. The Morgan fingerprint density at radius 3 is 1.18 bits per heavy atom. The van der Waals surface area contributed by atoms with Gasteiger partial charge in [-0.2, -0.15) is 0 Å². The number of aromatic nitrogens is 4. The monoisotopic (exact) mass is 730 g/mol. The first kappa shape index (κ1) is 34.2. The first-order chi connectivity index (χ1) is 28.0. The van der Waals surface area contributed by atoms with E-state index in [4.69, 9.17) is 0 Å². The van der Waals surface area contributed by atoms with Gasteiger partial charge in [-0.3, -0.25) is 19.9 Å². The van der Waals surface area contributed by atoms with Gasteiger partial charge in [0.15, 0.2) is 0 Å². The molecule has 0 saturated heterocycles. The third-order valence-corrected chi connectivity index (χ3v) is 11.4. The fourth-order valence-corrected chi connectivity index (χ4v) is 8.35. The molecular formula is C53H38N4. The number of hydrogen-bond donors (Lipinski definition) is 0. The molecule has 0 aliphatic heterocycles. The molecule has 0 fully saturated rings. The summed E-state index contributed by atoms with van der Waals surface area (Å²) in [5.41, 5.74) is 20.7. The molecule has 1 aliphatic rings. The van der Waals surface area contributed by atoms with Crippen molar-refractivity contribution in [1.82, 2.24) is 19.9 Å². The zero-order chi connectivity index (χ0) is 38.3. The molecule has 4 heterocycles. The number of hydrogen-bond acceptors (Lipinski definition) is 4. The molecule has 1 aliphatic carbocycles. The first-order valence-electron chi connectivity index (χ1n) is 19.3. The molecule has 57 heavy (non-hydrogen) atoms. The van der Waals surface area contributed by atoms with Crippen LogP contribution < -0.4 is 0 Å². The summed E-state index contributed by atoms with van der Waals surface area (Å²) < 4.78 is 0. The van der Waals surface area contributed by atoms with Crippen LogP contribution in [0.2, 0.25) is 0 Å². The largest absolute Gasteiger partial charge is 0.264 e. The Bertz CT molecular complexity index is 2790. The lowest BCUT2D eigenvalue weighted by molar-refractivity contribution is 0.660. The number of nitrogens with zero attached hydrogens (tertiary/aromatic N) is 4. The van der Waals surface area contributed by atoms with Crippen LogP contribution in [0.4, 0.5) is 0 Å². The predicted octanol–water partition coefficient (Wildman–Crippen LogP) is 13.2. The van der Waals surface area contributed by atoms with E-state index in [1.807, 2.05) is 49.3 Å². The number of fused-ring (bicyclic) bond motifs is 3. The Morgan fingerprint density at radius 1 is 0.281 bits per heavy atom. The topological polar surface area (TPSA) is 51.6 Å². The Hall–Kier alpha value is -7.30. The molecule has 0 radical (unpaired) electrons. The van der Waals surface area contributed by atoms with Crippen molar-refractivity contribution < 1.29 is 0 Å². The van der Waals surface area contributed by atoms with Gasteiger partial charge in [0.2, 0.25) is 0 Å². The van der Waals surface area contributed by atoms with Crippen LogP contribution in [0.15, 0.2) is 195 Å². The first-order valence-corrected chi connectivity index (χ1v) is 19.3. The fourth-order valence-electron chi connectivity index (χ4n) is 8.35. The zero-order valence-corrected chi connectivity index (χ0v) is 31.8. The van der Waals surface area contributed by atoms with Gasteiger partial charge in [-0.25, -0.2) is 0 Å². The molecule has 0 N–H and O–H groups in total. The summed E-state index contributed by atoms with van der Waals surface area (Å²) in [6.07, 6.45) is 15.0. The SMILES string of the molecule is CC1(C)c2ccccc2-c2ccc(-c3cc(-c4cccc(-c5cncc(-c6cccnc6)c5)c4)cc(-c4cccc(-c5cncc(-c6cccnc6)c5)c4)c3)cc21. The van der Waals surface area contributed by atoms with Crippen LogP contribution in [0.3, 0.4) is 0 Å². The van der Waals surface area contributed by atoms with Crippen LogP contribution in [0.5, 0.6) is 0 Å². The van der Waals surface area contributed by atoms with E-state index in [0.717, 1.165) is 66.8 Å². The molecule has 0 atom stereocenters. The number of rotatable bonds is 7. The van der Waals surface area contributed by atoms with Crippen molar-refractivity contribution in [2.75, 3.05) is 0 Å². The Labute approximate surface area is 333 Å². The standard InChI is InChI=1S/C53H38N4/c1-53(2)51-16-4-3-15-49(51)50-18-17-39(28-52(50)53)44-24-42(35-9-5-11-37(21-35)45-26-47(33-56-31-45)40-13-7-19-54-29-40)23-43(25-44)36-10-6-12-38(22-36)46-27-48(34-57-32-46)41-14-8-20-55-30-41/h3-34H,1-2H3. The minimum Gasteiger partial charge on any atom is -0.264 e. The Morgan fingerprint density at radius 2 is 0.667 bits per heavy atom. The van der Waals surface area contributed by atoms with Crippen LogP contribution >= 0.6 is 0 Å². The van der Waals surface area contributed by atoms with E-state index in [2.05, 4.69) is 167 Å². The third-order valence-electron chi connectivity index (χ3n) is 11.4. The molecule has 9 aromatic rings. The highest BCUT2D eigenvalue weighted by atomic mass is 14.6. The molecule has 10 rings (SSSR count). The molecular weight excluding hydrogens is 693 g/mol. The molecule has 4 heteroatoms. The van der Waals surface area contributed by atoms with E-state index < -0.39 is 0 Å². The lowest BCUT2D eigenvalue weighted by Gasteiger charge is -2.22. The number of benzene rings is 5. The van der Waals surface area contributed by atoms with E-state index >= 15 is 0 Å². The summed E-state index contributed by atoms with van der Waals surface area (Å²) >= 11 is 0. The van der Waals surface area contributed by atoms with Crippen molar-refractivity contribution in [1.29, 1.82) is 0 Å². The number of pyridine rings is 4. The summed E-state index contributed by atoms with van der Waals surface area (Å²) in [5, 5.41) is 0. The molecule has 0 saturated carbocycles. The highest BCUT2D eigenvalue weighted by Crippen LogP contribution is 2.50. The maximum absolute atomic E-state index is 4.62. The molecule has 4 nitrogen and oxygen atoms in total. The van der Waals surface area contributed by atoms with Crippen molar-refractivity contribution in [2.45, 2.75) is 19.3 Å². The maximum atomic E-state index is 4.62. The average molecular weight is 731 g/mol. The van der Waals surface area contributed by atoms with Gasteiger partial charge in [0.1, 0.15) is 0 Å². The van der Waals surface area contributed by atoms with Crippen LogP contribution in [0.1, 0.15) is 25.0 Å². The van der Waals surface area contributed by atoms with Crippen molar-refractivity contribution in [2.24, 2.45) is 0 Å². The minimum absolute atomic E-state index is 0.0954. The van der Waals surface area contributed by atoms with Gasteiger partial charge in [0.05, 0.1) is 0 Å². The Balaban J connectivity index is 1.10. The quantitative estimate of drug-likeness (QED) is 0.164. The van der Waals surface area contributed by atoms with Gasteiger partial charge in [-0.05, 0) is 127 Å². The summed E-state index contributed by atoms with van der Waals surface area (Å²) in [7, 11) is 0. The summed E-state index contributed by atoms with van der Waals surface area (Å²) in [5.74, 6) is 0. The van der Waals surface area contributed by atoms with Crippen molar-refractivity contribution in [3.63, 3.8) is 0 Å². The second-order valence-corrected chi connectivity index (χ2v) is 15.3.